The van der Waals surface area contributed by atoms with Crippen LogP contribution in [0.25, 0.3) is 0 Å². The molecular formula is C10H13ClF3N. The first-order valence-electron chi connectivity index (χ1n) is 4.22. The van der Waals surface area contributed by atoms with Gasteiger partial charge in [-0.05, 0) is 25.0 Å². The van der Waals surface area contributed by atoms with Gasteiger partial charge in [0.1, 0.15) is 6.04 Å². The minimum absolute atomic E-state index is 0. The van der Waals surface area contributed by atoms with Crippen LogP contribution in [0, 0.1) is 13.8 Å². The molecule has 1 rings (SSSR count). The second-order valence-corrected chi connectivity index (χ2v) is 3.38. The monoisotopic (exact) mass is 239 g/mol. The maximum Gasteiger partial charge on any atom is 0.407 e. The molecule has 1 aromatic carbocycles. The van der Waals surface area contributed by atoms with Gasteiger partial charge in [-0.1, -0.05) is 23.8 Å². The average molecular weight is 240 g/mol. The quantitative estimate of drug-likeness (QED) is 0.800. The first-order chi connectivity index (χ1) is 6.32. The normalized spacial score (nSPS) is 13.2. The highest BCUT2D eigenvalue weighted by molar-refractivity contribution is 5.85. The molecule has 1 aromatic rings. The Bertz CT molecular complexity index is 336. The summed E-state index contributed by atoms with van der Waals surface area (Å²) < 4.78 is 37.0. The minimum Gasteiger partial charge on any atom is -0.316 e. The van der Waals surface area contributed by atoms with E-state index >= 15 is 0 Å². The van der Waals surface area contributed by atoms with Gasteiger partial charge in [0.2, 0.25) is 0 Å². The van der Waals surface area contributed by atoms with Gasteiger partial charge in [-0.15, -0.1) is 12.4 Å². The van der Waals surface area contributed by atoms with Gasteiger partial charge in [0.15, 0.2) is 0 Å². The molecule has 1 nitrogen and oxygen atoms in total. The average Bonchev–Trinajstić information content (AvgIpc) is 2.06. The largest absolute Gasteiger partial charge is 0.407 e. The molecule has 15 heavy (non-hydrogen) atoms. The van der Waals surface area contributed by atoms with Crippen LogP contribution >= 0.6 is 12.4 Å². The summed E-state index contributed by atoms with van der Waals surface area (Å²) >= 11 is 0. The Balaban J connectivity index is 0.00000196. The Hall–Kier alpha value is -0.740. The number of hydrogen-bond donors (Lipinski definition) is 1. The van der Waals surface area contributed by atoms with Crippen molar-refractivity contribution in [1.29, 1.82) is 0 Å². The van der Waals surface area contributed by atoms with Crippen LogP contribution in [0.5, 0.6) is 0 Å². The van der Waals surface area contributed by atoms with Crippen LogP contribution in [0.15, 0.2) is 18.2 Å². The lowest BCUT2D eigenvalue weighted by atomic mass is 9.99. The molecule has 0 fully saturated rings. The summed E-state index contributed by atoms with van der Waals surface area (Å²) in [6.45, 7) is 3.37. The van der Waals surface area contributed by atoms with Crippen LogP contribution < -0.4 is 5.73 Å². The van der Waals surface area contributed by atoms with Crippen molar-refractivity contribution in [1.82, 2.24) is 0 Å². The molecule has 0 radical (unpaired) electrons. The number of rotatable bonds is 1. The number of alkyl halides is 3. The maximum atomic E-state index is 12.3. The number of hydrogen-bond acceptors (Lipinski definition) is 1. The Morgan fingerprint density at radius 1 is 1.20 bits per heavy atom. The van der Waals surface area contributed by atoms with Crippen LogP contribution in [0.3, 0.4) is 0 Å². The zero-order valence-corrected chi connectivity index (χ0v) is 9.25. The van der Waals surface area contributed by atoms with E-state index in [4.69, 9.17) is 5.73 Å². The molecule has 86 valence electrons. The third-order valence-corrected chi connectivity index (χ3v) is 2.12. The van der Waals surface area contributed by atoms with Gasteiger partial charge in [0, 0.05) is 0 Å². The van der Waals surface area contributed by atoms with Gasteiger partial charge in [0.25, 0.3) is 0 Å². The molecule has 0 aliphatic heterocycles. The first kappa shape index (κ1) is 14.3. The molecule has 0 bridgehead atoms. The topological polar surface area (TPSA) is 26.0 Å². The van der Waals surface area contributed by atoms with Crippen molar-refractivity contribution in [3.8, 4) is 0 Å². The second kappa shape index (κ2) is 4.86. The van der Waals surface area contributed by atoms with Crippen molar-refractivity contribution < 1.29 is 13.2 Å². The Morgan fingerprint density at radius 2 is 1.73 bits per heavy atom. The summed E-state index contributed by atoms with van der Waals surface area (Å²) in [5, 5.41) is 0. The van der Waals surface area contributed by atoms with Crippen molar-refractivity contribution in [2.75, 3.05) is 0 Å². The van der Waals surface area contributed by atoms with Gasteiger partial charge >= 0.3 is 6.18 Å². The van der Waals surface area contributed by atoms with Gasteiger partial charge in [0.05, 0.1) is 0 Å². The fourth-order valence-electron chi connectivity index (χ4n) is 1.27. The van der Waals surface area contributed by atoms with Gasteiger partial charge in [-0.3, -0.25) is 0 Å². The molecule has 0 amide bonds. The summed E-state index contributed by atoms with van der Waals surface area (Å²) in [5.41, 5.74) is 6.62. The van der Waals surface area contributed by atoms with Crippen LogP contribution in [0.4, 0.5) is 13.2 Å². The fraction of sp³-hybridized carbons (Fsp3) is 0.400. The van der Waals surface area contributed by atoms with E-state index in [0.29, 0.717) is 5.56 Å². The van der Waals surface area contributed by atoms with E-state index in [9.17, 15) is 13.2 Å². The van der Waals surface area contributed by atoms with Gasteiger partial charge in [-0.2, -0.15) is 13.2 Å². The van der Waals surface area contributed by atoms with Crippen LogP contribution in [0.2, 0.25) is 0 Å². The number of nitrogens with two attached hydrogens (primary N) is 1. The lowest BCUT2D eigenvalue weighted by Crippen LogP contribution is -2.29. The molecule has 0 aliphatic carbocycles. The van der Waals surface area contributed by atoms with E-state index in [0.717, 1.165) is 5.56 Å². The zero-order chi connectivity index (χ0) is 10.9. The molecule has 5 heteroatoms. The maximum absolute atomic E-state index is 12.3. The summed E-state index contributed by atoms with van der Waals surface area (Å²) in [4.78, 5) is 0. The fourth-order valence-corrected chi connectivity index (χ4v) is 1.27. The van der Waals surface area contributed by atoms with E-state index in [1.807, 2.05) is 0 Å². The predicted octanol–water partition coefficient (Wildman–Crippen LogP) is 3.29. The number of halogens is 4. The number of aryl methyl sites for hydroxylation is 2. The zero-order valence-electron chi connectivity index (χ0n) is 8.43. The summed E-state index contributed by atoms with van der Waals surface area (Å²) in [6.07, 6.45) is -4.38. The Kier molecular flexibility index (Phi) is 4.62. The van der Waals surface area contributed by atoms with Crippen molar-refractivity contribution in [2.45, 2.75) is 26.1 Å². The van der Waals surface area contributed by atoms with Gasteiger partial charge < -0.3 is 5.73 Å². The number of benzene rings is 1. The van der Waals surface area contributed by atoms with E-state index in [-0.39, 0.29) is 18.0 Å². The molecule has 0 saturated carbocycles. The van der Waals surface area contributed by atoms with Crippen LogP contribution in [0.1, 0.15) is 22.7 Å². The molecule has 0 heterocycles. The van der Waals surface area contributed by atoms with Crippen LogP contribution in [-0.4, -0.2) is 6.18 Å². The molecule has 0 aliphatic rings. The Morgan fingerprint density at radius 3 is 2.20 bits per heavy atom. The van der Waals surface area contributed by atoms with Crippen LogP contribution in [-0.2, 0) is 0 Å². The van der Waals surface area contributed by atoms with Gasteiger partial charge in [-0.25, -0.2) is 0 Å². The highest BCUT2D eigenvalue weighted by atomic mass is 35.5. The third-order valence-electron chi connectivity index (χ3n) is 2.12. The Labute approximate surface area is 92.9 Å². The molecule has 0 aromatic heterocycles. The summed E-state index contributed by atoms with van der Waals surface area (Å²) in [5.74, 6) is 0. The van der Waals surface area contributed by atoms with E-state index in [1.54, 1.807) is 26.0 Å². The van der Waals surface area contributed by atoms with E-state index < -0.39 is 12.2 Å². The lowest BCUT2D eigenvalue weighted by molar-refractivity contribution is -0.149. The molecule has 1 unspecified atom stereocenters. The van der Waals surface area contributed by atoms with Crippen molar-refractivity contribution in [2.24, 2.45) is 5.73 Å². The smallest absolute Gasteiger partial charge is 0.316 e. The molecule has 0 spiro atoms. The standard InChI is InChI=1S/C10H12F3N.ClH/c1-6-3-4-7(2)8(5-6)9(14)10(11,12)13;/h3-5,9H,14H2,1-2H3;1H. The van der Waals surface area contributed by atoms with Crippen molar-refractivity contribution >= 4 is 12.4 Å². The van der Waals surface area contributed by atoms with Crippen molar-refractivity contribution in [3.05, 3.63) is 34.9 Å². The highest BCUT2D eigenvalue weighted by Gasteiger charge is 2.38. The predicted molar refractivity (Wildman–Crippen MR) is 56.1 cm³/mol. The molecule has 0 saturated heterocycles. The SMILES string of the molecule is Cc1ccc(C)c(C(N)C(F)(F)F)c1.Cl. The molecular weight excluding hydrogens is 227 g/mol. The second-order valence-electron chi connectivity index (χ2n) is 3.38. The molecule has 2 N–H and O–H groups in total. The highest BCUT2D eigenvalue weighted by Crippen LogP contribution is 2.32. The minimum atomic E-state index is -4.38. The van der Waals surface area contributed by atoms with Crippen molar-refractivity contribution in [3.63, 3.8) is 0 Å². The van der Waals surface area contributed by atoms with E-state index in [1.165, 1.54) is 6.07 Å². The summed E-state index contributed by atoms with van der Waals surface area (Å²) in [6, 6.07) is 3.01. The third kappa shape index (κ3) is 3.39. The molecule has 1 atom stereocenters. The first-order valence-corrected chi connectivity index (χ1v) is 4.22. The van der Waals surface area contributed by atoms with E-state index in [2.05, 4.69) is 0 Å². The lowest BCUT2D eigenvalue weighted by Gasteiger charge is -2.18. The summed E-state index contributed by atoms with van der Waals surface area (Å²) in [7, 11) is 0.